The largest absolute Gasteiger partial charge is 0.347 e. The van der Waals surface area contributed by atoms with E-state index in [4.69, 9.17) is 0 Å². The molecule has 5 nitrogen and oxygen atoms in total. The van der Waals surface area contributed by atoms with Crippen LogP contribution in [0, 0.1) is 0 Å². The van der Waals surface area contributed by atoms with Crippen LogP contribution in [0.2, 0.25) is 0 Å². The first-order valence-corrected chi connectivity index (χ1v) is 7.21. The second-order valence-corrected chi connectivity index (χ2v) is 6.52. The van der Waals surface area contributed by atoms with Crippen molar-refractivity contribution in [3.05, 3.63) is 39.9 Å². The molecule has 0 saturated heterocycles. The molecule has 1 amide bonds. The van der Waals surface area contributed by atoms with Crippen molar-refractivity contribution >= 4 is 16.8 Å². The minimum atomic E-state index is -0.295. The van der Waals surface area contributed by atoms with Gasteiger partial charge in [-0.1, -0.05) is 0 Å². The Morgan fingerprint density at radius 2 is 2.10 bits per heavy atom. The van der Waals surface area contributed by atoms with Gasteiger partial charge in [0, 0.05) is 24.1 Å². The summed E-state index contributed by atoms with van der Waals surface area (Å²) in [7, 11) is 0. The molecule has 0 bridgehead atoms. The normalized spacial score (nSPS) is 14.2. The molecule has 0 unspecified atom stereocenters. The smallest absolute Gasteiger partial charge is 0.261 e. The van der Waals surface area contributed by atoms with Gasteiger partial charge in [-0.25, -0.2) is 4.98 Å². The van der Waals surface area contributed by atoms with Crippen LogP contribution in [0.25, 0.3) is 10.9 Å². The average Bonchev–Trinajstić information content (AvgIpc) is 2.84. The van der Waals surface area contributed by atoms with Crippen LogP contribution in [-0.2, 0) is 13.0 Å². The van der Waals surface area contributed by atoms with E-state index in [2.05, 4.69) is 10.3 Å². The second kappa shape index (κ2) is 4.69. The van der Waals surface area contributed by atoms with Gasteiger partial charge in [-0.15, -0.1) is 0 Å². The zero-order valence-electron chi connectivity index (χ0n) is 12.6. The van der Waals surface area contributed by atoms with Crippen molar-refractivity contribution in [2.45, 2.75) is 45.7 Å². The van der Waals surface area contributed by atoms with Crippen molar-refractivity contribution < 1.29 is 4.79 Å². The lowest BCUT2D eigenvalue weighted by Gasteiger charge is -2.20. The van der Waals surface area contributed by atoms with Crippen molar-refractivity contribution in [2.75, 3.05) is 0 Å². The van der Waals surface area contributed by atoms with E-state index >= 15 is 0 Å². The van der Waals surface area contributed by atoms with Crippen LogP contribution < -0.4 is 10.9 Å². The van der Waals surface area contributed by atoms with Crippen molar-refractivity contribution in [2.24, 2.45) is 0 Å². The molecule has 1 aromatic heterocycles. The number of carbonyl (C=O) groups is 1. The molecule has 21 heavy (non-hydrogen) atoms. The number of hydrogen-bond acceptors (Lipinski definition) is 3. The molecule has 2 heterocycles. The Hall–Kier alpha value is -2.17. The number of amides is 1. The Labute approximate surface area is 123 Å². The Bertz CT molecular complexity index is 784. The Morgan fingerprint density at radius 1 is 1.33 bits per heavy atom. The maximum Gasteiger partial charge on any atom is 0.261 e. The number of nitrogens with zero attached hydrogens (tertiary/aromatic N) is 2. The average molecular weight is 285 g/mol. The monoisotopic (exact) mass is 285 g/mol. The molecular weight excluding hydrogens is 266 g/mol. The molecule has 0 radical (unpaired) electrons. The Balaban J connectivity index is 2.07. The molecule has 1 aliphatic rings. The van der Waals surface area contributed by atoms with E-state index in [0.717, 1.165) is 25.2 Å². The van der Waals surface area contributed by atoms with E-state index in [-0.39, 0.29) is 17.0 Å². The number of benzene rings is 1. The predicted molar refractivity (Wildman–Crippen MR) is 81.5 cm³/mol. The highest BCUT2D eigenvalue weighted by Crippen LogP contribution is 2.16. The second-order valence-electron chi connectivity index (χ2n) is 6.52. The van der Waals surface area contributed by atoms with Crippen molar-refractivity contribution in [1.29, 1.82) is 0 Å². The first-order valence-electron chi connectivity index (χ1n) is 7.21. The summed E-state index contributed by atoms with van der Waals surface area (Å²) in [5, 5.41) is 3.49. The lowest BCUT2D eigenvalue weighted by molar-refractivity contribution is 0.0919. The van der Waals surface area contributed by atoms with Gasteiger partial charge in [0.15, 0.2) is 0 Å². The molecular formula is C16H19N3O2. The summed E-state index contributed by atoms with van der Waals surface area (Å²) in [6.07, 6.45) is 1.78. The molecule has 3 rings (SSSR count). The lowest BCUT2D eigenvalue weighted by atomic mass is 10.1. The fraction of sp³-hybridized carbons (Fsp3) is 0.438. The molecule has 0 spiro atoms. The number of rotatable bonds is 1. The highest BCUT2D eigenvalue weighted by Gasteiger charge is 2.19. The van der Waals surface area contributed by atoms with E-state index in [1.54, 1.807) is 22.8 Å². The van der Waals surface area contributed by atoms with Crippen LogP contribution >= 0.6 is 0 Å². The highest BCUT2D eigenvalue weighted by atomic mass is 16.2. The first-order chi connectivity index (χ1) is 9.85. The van der Waals surface area contributed by atoms with E-state index in [9.17, 15) is 9.59 Å². The fourth-order valence-electron chi connectivity index (χ4n) is 2.64. The van der Waals surface area contributed by atoms with Crippen LogP contribution in [0.3, 0.4) is 0 Å². The molecule has 1 aliphatic heterocycles. The third kappa shape index (κ3) is 2.55. The summed E-state index contributed by atoms with van der Waals surface area (Å²) in [5.74, 6) is 0.674. The van der Waals surface area contributed by atoms with Crippen LogP contribution in [-0.4, -0.2) is 21.0 Å². The van der Waals surface area contributed by atoms with Gasteiger partial charge in [-0.05, 0) is 45.4 Å². The molecule has 1 aromatic carbocycles. The minimum Gasteiger partial charge on any atom is -0.347 e. The predicted octanol–water partition coefficient (Wildman–Crippen LogP) is 1.87. The van der Waals surface area contributed by atoms with Gasteiger partial charge in [0.1, 0.15) is 5.82 Å². The van der Waals surface area contributed by atoms with Gasteiger partial charge in [0.2, 0.25) is 0 Å². The highest BCUT2D eigenvalue weighted by molar-refractivity contribution is 5.98. The summed E-state index contributed by atoms with van der Waals surface area (Å²) >= 11 is 0. The molecule has 110 valence electrons. The topological polar surface area (TPSA) is 64.0 Å². The molecule has 1 N–H and O–H groups in total. The number of aromatic nitrogens is 2. The van der Waals surface area contributed by atoms with Gasteiger partial charge < -0.3 is 5.32 Å². The van der Waals surface area contributed by atoms with Gasteiger partial charge in [-0.3, -0.25) is 14.2 Å². The van der Waals surface area contributed by atoms with Crippen molar-refractivity contribution in [3.63, 3.8) is 0 Å². The number of aryl methyl sites for hydroxylation is 1. The molecule has 0 atom stereocenters. The minimum absolute atomic E-state index is 0.00437. The molecule has 2 aromatic rings. The molecule has 0 aliphatic carbocycles. The number of nitrogens with one attached hydrogen (secondary N) is 1. The number of fused-ring (bicyclic) bond motifs is 2. The van der Waals surface area contributed by atoms with Crippen LogP contribution in [0.5, 0.6) is 0 Å². The SMILES string of the molecule is CC(C)(C)NC(=O)c1ccc2c(=O)n3c(nc2c1)CCC3. The standard InChI is InChI=1S/C16H19N3O2/c1-16(2,3)18-14(20)10-6-7-11-12(9-10)17-13-5-4-8-19(13)15(11)21/h6-7,9H,4-5,8H2,1-3H3,(H,18,20). The van der Waals surface area contributed by atoms with Gasteiger partial charge in [0.25, 0.3) is 11.5 Å². The summed E-state index contributed by atoms with van der Waals surface area (Å²) in [6.45, 7) is 6.54. The molecule has 5 heteroatoms. The van der Waals surface area contributed by atoms with E-state index < -0.39 is 0 Å². The zero-order valence-corrected chi connectivity index (χ0v) is 12.6. The van der Waals surface area contributed by atoms with E-state index in [1.807, 2.05) is 20.8 Å². The first kappa shape index (κ1) is 13.8. The Morgan fingerprint density at radius 3 is 2.81 bits per heavy atom. The summed E-state index contributed by atoms with van der Waals surface area (Å²) < 4.78 is 1.73. The Kier molecular flexibility index (Phi) is 3.08. The van der Waals surface area contributed by atoms with Gasteiger partial charge in [-0.2, -0.15) is 0 Å². The maximum atomic E-state index is 12.4. The lowest BCUT2D eigenvalue weighted by Crippen LogP contribution is -2.40. The summed E-state index contributed by atoms with van der Waals surface area (Å²) in [5.41, 5.74) is 0.842. The number of hydrogen-bond donors (Lipinski definition) is 1. The van der Waals surface area contributed by atoms with Crippen LogP contribution in [0.1, 0.15) is 43.4 Å². The van der Waals surface area contributed by atoms with E-state index in [1.165, 1.54) is 0 Å². The van der Waals surface area contributed by atoms with Gasteiger partial charge >= 0.3 is 0 Å². The van der Waals surface area contributed by atoms with Crippen LogP contribution in [0.15, 0.2) is 23.0 Å². The third-order valence-electron chi connectivity index (χ3n) is 3.57. The fourth-order valence-corrected chi connectivity index (χ4v) is 2.64. The molecule has 0 fully saturated rings. The zero-order chi connectivity index (χ0) is 15.2. The van der Waals surface area contributed by atoms with E-state index in [0.29, 0.717) is 16.5 Å². The third-order valence-corrected chi connectivity index (χ3v) is 3.57. The van der Waals surface area contributed by atoms with Crippen LogP contribution in [0.4, 0.5) is 0 Å². The quantitative estimate of drug-likeness (QED) is 0.870. The maximum absolute atomic E-state index is 12.4. The summed E-state index contributed by atoms with van der Waals surface area (Å²) in [4.78, 5) is 29.1. The van der Waals surface area contributed by atoms with Gasteiger partial charge in [0.05, 0.1) is 10.9 Å². The summed E-state index contributed by atoms with van der Waals surface area (Å²) in [6, 6.07) is 5.10. The van der Waals surface area contributed by atoms with Crippen molar-refractivity contribution in [3.8, 4) is 0 Å². The molecule has 0 saturated carbocycles. The van der Waals surface area contributed by atoms with Crippen molar-refractivity contribution in [1.82, 2.24) is 14.9 Å². The number of carbonyl (C=O) groups excluding carboxylic acids is 1.